The lowest BCUT2D eigenvalue weighted by Gasteiger charge is -2.36. The molecule has 1 nitrogen and oxygen atoms in total. The van der Waals surface area contributed by atoms with Gasteiger partial charge in [-0.2, -0.15) is 0 Å². The second kappa shape index (κ2) is 4.45. The number of rotatable bonds is 2. The lowest BCUT2D eigenvalue weighted by Crippen LogP contribution is -2.44. The van der Waals surface area contributed by atoms with Gasteiger partial charge in [0.15, 0.2) is 0 Å². The second-order valence-corrected chi connectivity index (χ2v) is 11.2. The average Bonchev–Trinajstić information content (AvgIpc) is 2.06. The summed E-state index contributed by atoms with van der Waals surface area (Å²) in [5, 5.41) is 0.256. The molecular weight excluding hydrogens is 315 g/mol. The second-order valence-electron chi connectivity index (χ2n) is 5.29. The Bertz CT molecular complexity index is 342. The lowest BCUT2D eigenvalue weighted by molar-refractivity contribution is 0.489. The third-order valence-corrected chi connectivity index (χ3v) is 8.24. The van der Waals surface area contributed by atoms with E-state index in [2.05, 4.69) is 68.6 Å². The van der Waals surface area contributed by atoms with E-state index in [4.69, 9.17) is 4.43 Å². The van der Waals surface area contributed by atoms with Crippen LogP contribution in [0.2, 0.25) is 18.1 Å². The van der Waals surface area contributed by atoms with E-state index >= 15 is 0 Å². The van der Waals surface area contributed by atoms with Crippen molar-refractivity contribution >= 4 is 30.9 Å². The molecule has 84 valence electrons. The highest BCUT2D eigenvalue weighted by Crippen LogP contribution is 2.38. The zero-order chi connectivity index (χ0) is 11.7. The first-order valence-electron chi connectivity index (χ1n) is 5.17. The maximum atomic E-state index is 6.23. The first-order valence-corrected chi connectivity index (χ1v) is 9.16. The Balaban J connectivity index is 2.92. The van der Waals surface area contributed by atoms with Crippen LogP contribution in [-0.4, -0.2) is 8.32 Å². The minimum absolute atomic E-state index is 0.256. The van der Waals surface area contributed by atoms with Crippen molar-refractivity contribution in [2.45, 2.75) is 38.9 Å². The molecule has 0 bridgehead atoms. The van der Waals surface area contributed by atoms with Crippen molar-refractivity contribution in [3.05, 3.63) is 27.8 Å². The molecule has 1 aromatic rings. The first-order chi connectivity index (χ1) is 6.74. The number of hydrogen-bond acceptors (Lipinski definition) is 1. The van der Waals surface area contributed by atoms with Crippen LogP contribution in [0.4, 0.5) is 0 Å². The molecule has 0 aliphatic carbocycles. The lowest BCUT2D eigenvalue weighted by atomic mass is 10.2. The maximum Gasteiger partial charge on any atom is 0.250 e. The highest BCUT2D eigenvalue weighted by atomic mass is 127. The fourth-order valence-electron chi connectivity index (χ4n) is 0.955. The molecule has 0 saturated heterocycles. The van der Waals surface area contributed by atoms with Crippen LogP contribution >= 0.6 is 22.6 Å². The van der Waals surface area contributed by atoms with Crippen molar-refractivity contribution in [2.24, 2.45) is 0 Å². The fourth-order valence-corrected chi connectivity index (χ4v) is 2.69. The molecule has 0 fully saturated rings. The Morgan fingerprint density at radius 1 is 1.13 bits per heavy atom. The third-order valence-electron chi connectivity index (χ3n) is 3.01. The van der Waals surface area contributed by atoms with E-state index in [0.29, 0.717) is 0 Å². The largest absolute Gasteiger partial charge is 0.543 e. The zero-order valence-electron chi connectivity index (χ0n) is 10.1. The summed E-state index contributed by atoms with van der Waals surface area (Å²) in [6.07, 6.45) is 0. The topological polar surface area (TPSA) is 9.23 Å². The summed E-state index contributed by atoms with van der Waals surface area (Å²) < 4.78 is 7.42. The van der Waals surface area contributed by atoms with Crippen LogP contribution in [0.5, 0.6) is 5.75 Å². The number of benzene rings is 1. The van der Waals surface area contributed by atoms with Gasteiger partial charge in [-0.3, -0.25) is 0 Å². The maximum absolute atomic E-state index is 6.23. The summed E-state index contributed by atoms with van der Waals surface area (Å²) in [4.78, 5) is 0. The number of hydrogen-bond donors (Lipinski definition) is 0. The van der Waals surface area contributed by atoms with Gasteiger partial charge < -0.3 is 4.43 Å². The van der Waals surface area contributed by atoms with E-state index in [0.717, 1.165) is 5.75 Å². The van der Waals surface area contributed by atoms with Crippen molar-refractivity contribution in [1.82, 2.24) is 0 Å². The predicted octanol–water partition coefficient (Wildman–Crippen LogP) is 4.68. The standard InChI is InChI=1S/C12H19IOSi/c1-12(2,3)15(4,5)14-11-9-7-6-8-10(11)13/h6-9H,1-5H3. The van der Waals surface area contributed by atoms with E-state index in [-0.39, 0.29) is 5.04 Å². The summed E-state index contributed by atoms with van der Waals surface area (Å²) in [5.74, 6) is 1.03. The van der Waals surface area contributed by atoms with Crippen molar-refractivity contribution in [2.75, 3.05) is 0 Å². The fraction of sp³-hybridized carbons (Fsp3) is 0.500. The molecule has 0 radical (unpaired) electrons. The molecule has 1 aromatic carbocycles. The van der Waals surface area contributed by atoms with E-state index in [1.54, 1.807) is 0 Å². The van der Waals surface area contributed by atoms with Crippen molar-refractivity contribution < 1.29 is 4.43 Å². The number of halogens is 1. The molecule has 0 amide bonds. The van der Waals surface area contributed by atoms with Gasteiger partial charge in [0.25, 0.3) is 8.32 Å². The van der Waals surface area contributed by atoms with E-state index in [1.807, 2.05) is 12.1 Å². The molecule has 0 N–H and O–H groups in total. The molecule has 15 heavy (non-hydrogen) atoms. The third kappa shape index (κ3) is 3.21. The summed E-state index contributed by atoms with van der Waals surface area (Å²) in [6, 6.07) is 8.22. The molecule has 0 aliphatic heterocycles. The Morgan fingerprint density at radius 3 is 2.13 bits per heavy atom. The van der Waals surface area contributed by atoms with Gasteiger partial charge in [0.1, 0.15) is 5.75 Å². The van der Waals surface area contributed by atoms with Crippen LogP contribution in [-0.2, 0) is 0 Å². The molecule has 0 aromatic heterocycles. The van der Waals surface area contributed by atoms with Gasteiger partial charge in [-0.15, -0.1) is 0 Å². The van der Waals surface area contributed by atoms with Gasteiger partial charge >= 0.3 is 0 Å². The minimum atomic E-state index is -1.68. The van der Waals surface area contributed by atoms with Crippen LogP contribution in [0.3, 0.4) is 0 Å². The summed E-state index contributed by atoms with van der Waals surface area (Å²) in [6.45, 7) is 11.3. The quantitative estimate of drug-likeness (QED) is 0.564. The highest BCUT2D eigenvalue weighted by Gasteiger charge is 2.39. The summed E-state index contributed by atoms with van der Waals surface area (Å²) >= 11 is 2.33. The van der Waals surface area contributed by atoms with Crippen LogP contribution < -0.4 is 4.43 Å². The molecule has 0 spiro atoms. The van der Waals surface area contributed by atoms with Crippen LogP contribution in [0.1, 0.15) is 20.8 Å². The van der Waals surface area contributed by atoms with E-state index in [1.165, 1.54) is 3.57 Å². The highest BCUT2D eigenvalue weighted by molar-refractivity contribution is 14.1. The van der Waals surface area contributed by atoms with Gasteiger partial charge in [-0.25, -0.2) is 0 Å². The van der Waals surface area contributed by atoms with Crippen LogP contribution in [0, 0.1) is 3.57 Å². The normalized spacial score (nSPS) is 12.7. The molecular formula is C12H19IOSi. The van der Waals surface area contributed by atoms with E-state index < -0.39 is 8.32 Å². The molecule has 0 unspecified atom stereocenters. The monoisotopic (exact) mass is 334 g/mol. The molecule has 0 aliphatic rings. The van der Waals surface area contributed by atoms with Crippen molar-refractivity contribution in [1.29, 1.82) is 0 Å². The first kappa shape index (κ1) is 13.0. The minimum Gasteiger partial charge on any atom is -0.543 e. The predicted molar refractivity (Wildman–Crippen MR) is 77.0 cm³/mol. The molecule has 0 atom stereocenters. The van der Waals surface area contributed by atoms with Gasteiger partial charge in [0.2, 0.25) is 0 Å². The van der Waals surface area contributed by atoms with Gasteiger partial charge in [-0.1, -0.05) is 32.9 Å². The Hall–Kier alpha value is -0.0331. The number of para-hydroxylation sites is 1. The Labute approximate surface area is 108 Å². The van der Waals surface area contributed by atoms with Gasteiger partial charge in [-0.05, 0) is 52.9 Å². The Morgan fingerprint density at radius 2 is 1.67 bits per heavy atom. The smallest absolute Gasteiger partial charge is 0.250 e. The Kier molecular flexibility index (Phi) is 3.87. The van der Waals surface area contributed by atoms with E-state index in [9.17, 15) is 0 Å². The van der Waals surface area contributed by atoms with Crippen molar-refractivity contribution in [3.8, 4) is 5.75 Å². The molecule has 1 rings (SSSR count). The SMILES string of the molecule is CC(C)(C)[Si](C)(C)Oc1ccccc1I. The summed E-state index contributed by atoms with van der Waals surface area (Å²) in [7, 11) is -1.68. The molecule has 0 heterocycles. The van der Waals surface area contributed by atoms with Crippen molar-refractivity contribution in [3.63, 3.8) is 0 Å². The molecule has 0 saturated carbocycles. The van der Waals surface area contributed by atoms with Crippen LogP contribution in [0.15, 0.2) is 24.3 Å². The summed E-state index contributed by atoms with van der Waals surface area (Å²) in [5.41, 5.74) is 0. The van der Waals surface area contributed by atoms with Gasteiger partial charge in [0.05, 0.1) is 3.57 Å². The molecule has 3 heteroatoms. The average molecular weight is 334 g/mol. The van der Waals surface area contributed by atoms with Crippen LogP contribution in [0.25, 0.3) is 0 Å². The van der Waals surface area contributed by atoms with Gasteiger partial charge in [0, 0.05) is 0 Å². The zero-order valence-corrected chi connectivity index (χ0v) is 13.3.